The highest BCUT2D eigenvalue weighted by atomic mass is 32.2. The van der Waals surface area contributed by atoms with Gasteiger partial charge in [-0.05, 0) is 18.4 Å². The molecule has 1 aromatic rings. The molecule has 72 valence electrons. The minimum absolute atomic E-state index is 0.897. The van der Waals surface area contributed by atoms with E-state index in [1.54, 1.807) is 7.11 Å². The van der Waals surface area contributed by atoms with Crippen LogP contribution in [-0.4, -0.2) is 25.7 Å². The molecule has 0 unspecified atom stereocenters. The minimum atomic E-state index is 0.897. The molecule has 0 aliphatic heterocycles. The summed E-state index contributed by atoms with van der Waals surface area (Å²) >= 11 is 1.84. The largest absolute Gasteiger partial charge is 0.497 e. The lowest BCUT2D eigenvalue weighted by Crippen LogP contribution is -2.03. The number of thioether (sulfide) groups is 1. The predicted octanol–water partition coefficient (Wildman–Crippen LogP) is 2.47. The van der Waals surface area contributed by atoms with Crippen molar-refractivity contribution < 1.29 is 4.74 Å². The van der Waals surface area contributed by atoms with E-state index in [1.807, 2.05) is 36.0 Å². The SMILES string of the molecule is COc1cccc(NCCSC)c1. The van der Waals surface area contributed by atoms with Crippen molar-refractivity contribution in [3.63, 3.8) is 0 Å². The van der Waals surface area contributed by atoms with Crippen LogP contribution < -0.4 is 10.1 Å². The molecule has 0 heterocycles. The van der Waals surface area contributed by atoms with Gasteiger partial charge in [-0.3, -0.25) is 0 Å². The molecule has 13 heavy (non-hydrogen) atoms. The highest BCUT2D eigenvalue weighted by molar-refractivity contribution is 7.98. The Labute approximate surface area is 83.7 Å². The van der Waals surface area contributed by atoms with Crippen molar-refractivity contribution in [3.8, 4) is 5.75 Å². The number of hydrogen-bond acceptors (Lipinski definition) is 3. The molecule has 1 N–H and O–H groups in total. The minimum Gasteiger partial charge on any atom is -0.497 e. The van der Waals surface area contributed by atoms with Gasteiger partial charge in [-0.2, -0.15) is 11.8 Å². The fourth-order valence-corrected chi connectivity index (χ4v) is 1.34. The van der Waals surface area contributed by atoms with E-state index >= 15 is 0 Å². The molecular formula is C10H15NOS. The molecule has 1 aromatic carbocycles. The third-order valence-electron chi connectivity index (χ3n) is 1.71. The maximum absolute atomic E-state index is 5.12. The second-order valence-corrected chi connectivity index (χ2v) is 3.64. The van der Waals surface area contributed by atoms with E-state index in [2.05, 4.69) is 11.6 Å². The molecule has 0 atom stereocenters. The maximum Gasteiger partial charge on any atom is 0.120 e. The summed E-state index contributed by atoms with van der Waals surface area (Å²) in [5, 5.41) is 3.32. The molecule has 0 aromatic heterocycles. The normalized spacial score (nSPS) is 9.69. The summed E-state index contributed by atoms with van der Waals surface area (Å²) < 4.78 is 5.12. The Balaban J connectivity index is 2.46. The monoisotopic (exact) mass is 197 g/mol. The van der Waals surface area contributed by atoms with Crippen LogP contribution >= 0.6 is 11.8 Å². The summed E-state index contributed by atoms with van der Waals surface area (Å²) in [5.41, 5.74) is 1.12. The van der Waals surface area contributed by atoms with Crippen LogP contribution in [0.3, 0.4) is 0 Å². The number of anilines is 1. The maximum atomic E-state index is 5.12. The van der Waals surface area contributed by atoms with Gasteiger partial charge in [0.25, 0.3) is 0 Å². The second-order valence-electron chi connectivity index (χ2n) is 2.65. The van der Waals surface area contributed by atoms with Gasteiger partial charge in [0.2, 0.25) is 0 Å². The lowest BCUT2D eigenvalue weighted by atomic mass is 10.3. The number of nitrogens with one attached hydrogen (secondary N) is 1. The zero-order valence-corrected chi connectivity index (χ0v) is 8.86. The quantitative estimate of drug-likeness (QED) is 0.733. The molecule has 0 aliphatic carbocycles. The first kappa shape index (κ1) is 10.3. The molecule has 1 rings (SSSR count). The van der Waals surface area contributed by atoms with Gasteiger partial charge < -0.3 is 10.1 Å². The Morgan fingerprint density at radius 3 is 3.00 bits per heavy atom. The molecule has 0 spiro atoms. The van der Waals surface area contributed by atoms with Gasteiger partial charge in [0.05, 0.1) is 7.11 Å². The fraction of sp³-hybridized carbons (Fsp3) is 0.400. The summed E-state index contributed by atoms with van der Waals surface area (Å²) in [6.07, 6.45) is 2.10. The van der Waals surface area contributed by atoms with Gasteiger partial charge in [-0.25, -0.2) is 0 Å². The summed E-state index contributed by atoms with van der Waals surface area (Å²) in [7, 11) is 1.68. The number of ether oxygens (including phenoxy) is 1. The van der Waals surface area contributed by atoms with Crippen LogP contribution in [-0.2, 0) is 0 Å². The molecule has 0 radical (unpaired) electrons. The van der Waals surface area contributed by atoms with Crippen LogP contribution in [0.2, 0.25) is 0 Å². The second kappa shape index (κ2) is 5.75. The van der Waals surface area contributed by atoms with Crippen molar-refractivity contribution >= 4 is 17.4 Å². The van der Waals surface area contributed by atoms with E-state index in [0.29, 0.717) is 0 Å². The Morgan fingerprint density at radius 1 is 1.46 bits per heavy atom. The number of hydrogen-bond donors (Lipinski definition) is 1. The third kappa shape index (κ3) is 3.59. The smallest absolute Gasteiger partial charge is 0.120 e. The number of rotatable bonds is 5. The van der Waals surface area contributed by atoms with E-state index in [1.165, 1.54) is 0 Å². The summed E-state index contributed by atoms with van der Waals surface area (Å²) in [4.78, 5) is 0. The van der Waals surface area contributed by atoms with Crippen molar-refractivity contribution in [1.82, 2.24) is 0 Å². The molecular weight excluding hydrogens is 182 g/mol. The Kier molecular flexibility index (Phi) is 4.54. The number of benzene rings is 1. The first-order valence-corrected chi connectivity index (χ1v) is 5.63. The topological polar surface area (TPSA) is 21.3 Å². The Bertz CT molecular complexity index is 252. The number of methoxy groups -OCH3 is 1. The van der Waals surface area contributed by atoms with Crippen LogP contribution in [0.1, 0.15) is 0 Å². The first-order chi connectivity index (χ1) is 6.36. The third-order valence-corrected chi connectivity index (χ3v) is 2.32. The molecule has 0 fully saturated rings. The first-order valence-electron chi connectivity index (χ1n) is 4.23. The zero-order chi connectivity index (χ0) is 9.52. The Morgan fingerprint density at radius 2 is 2.31 bits per heavy atom. The van der Waals surface area contributed by atoms with Gasteiger partial charge in [-0.1, -0.05) is 6.07 Å². The molecule has 0 amide bonds. The van der Waals surface area contributed by atoms with Crippen molar-refractivity contribution in [3.05, 3.63) is 24.3 Å². The van der Waals surface area contributed by atoms with Crippen molar-refractivity contribution in [1.29, 1.82) is 0 Å². The van der Waals surface area contributed by atoms with Gasteiger partial charge in [-0.15, -0.1) is 0 Å². The molecule has 0 aliphatic rings. The van der Waals surface area contributed by atoms with Crippen molar-refractivity contribution in [2.24, 2.45) is 0 Å². The summed E-state index contributed by atoms with van der Waals surface area (Å²) in [5.74, 6) is 2.02. The van der Waals surface area contributed by atoms with E-state index < -0.39 is 0 Å². The van der Waals surface area contributed by atoms with Gasteiger partial charge >= 0.3 is 0 Å². The lowest BCUT2D eigenvalue weighted by molar-refractivity contribution is 0.415. The van der Waals surface area contributed by atoms with Crippen molar-refractivity contribution in [2.75, 3.05) is 31.0 Å². The van der Waals surface area contributed by atoms with E-state index in [4.69, 9.17) is 4.74 Å². The zero-order valence-electron chi connectivity index (χ0n) is 8.04. The predicted molar refractivity (Wildman–Crippen MR) is 59.9 cm³/mol. The molecule has 2 nitrogen and oxygen atoms in total. The average Bonchev–Trinajstić information content (AvgIpc) is 2.19. The van der Waals surface area contributed by atoms with Crippen LogP contribution in [0.25, 0.3) is 0 Å². The molecule has 0 bridgehead atoms. The highest BCUT2D eigenvalue weighted by Crippen LogP contribution is 2.16. The van der Waals surface area contributed by atoms with Crippen LogP contribution in [0.4, 0.5) is 5.69 Å². The van der Waals surface area contributed by atoms with Crippen LogP contribution in [0.5, 0.6) is 5.75 Å². The van der Waals surface area contributed by atoms with Crippen LogP contribution in [0.15, 0.2) is 24.3 Å². The lowest BCUT2D eigenvalue weighted by Gasteiger charge is -2.06. The van der Waals surface area contributed by atoms with Crippen LogP contribution in [0, 0.1) is 0 Å². The van der Waals surface area contributed by atoms with E-state index in [0.717, 1.165) is 23.7 Å². The Hall–Kier alpha value is -0.830. The van der Waals surface area contributed by atoms with Gasteiger partial charge in [0.1, 0.15) is 5.75 Å². The molecule has 0 saturated heterocycles. The van der Waals surface area contributed by atoms with E-state index in [-0.39, 0.29) is 0 Å². The summed E-state index contributed by atoms with van der Waals surface area (Å²) in [6.45, 7) is 0.994. The fourth-order valence-electron chi connectivity index (χ4n) is 1.03. The van der Waals surface area contributed by atoms with Crippen molar-refractivity contribution in [2.45, 2.75) is 0 Å². The van der Waals surface area contributed by atoms with Gasteiger partial charge in [0.15, 0.2) is 0 Å². The van der Waals surface area contributed by atoms with Gasteiger partial charge in [0, 0.05) is 24.1 Å². The highest BCUT2D eigenvalue weighted by Gasteiger charge is 1.93. The molecule has 3 heteroatoms. The average molecular weight is 197 g/mol. The summed E-state index contributed by atoms with van der Waals surface area (Å²) in [6, 6.07) is 7.98. The standard InChI is InChI=1S/C10H15NOS/c1-12-10-5-3-4-9(8-10)11-6-7-13-2/h3-5,8,11H,6-7H2,1-2H3. The molecule has 0 saturated carbocycles. The van der Waals surface area contributed by atoms with E-state index in [9.17, 15) is 0 Å².